The molecule has 0 aromatic heterocycles. The minimum absolute atomic E-state index is 0.385. The largest absolute Gasteiger partial charge is 0.490 e. The molecule has 2 unspecified atom stereocenters. The highest BCUT2D eigenvalue weighted by molar-refractivity contribution is 6.18. The quantitative estimate of drug-likeness (QED) is 0.349. The molecule has 4 nitrogen and oxygen atoms in total. The zero-order valence-electron chi connectivity index (χ0n) is 8.70. The fourth-order valence-electron chi connectivity index (χ4n) is 0.868. The van der Waals surface area contributed by atoms with Crippen molar-refractivity contribution < 1.29 is 9.31 Å². The summed E-state index contributed by atoms with van der Waals surface area (Å²) >= 11 is 11.0. The summed E-state index contributed by atoms with van der Waals surface area (Å²) in [5.41, 5.74) is 11.2. The molecule has 4 N–H and O–H groups in total. The molecule has 2 atom stereocenters. The lowest BCUT2D eigenvalue weighted by atomic mass is 10.2. The molecule has 0 bridgehead atoms. The number of hydrogen-bond donors (Lipinski definition) is 2. The van der Waals surface area contributed by atoms with Crippen LogP contribution in [0, 0.1) is 0 Å². The second kappa shape index (κ2) is 11.0. The van der Waals surface area contributed by atoms with Crippen LogP contribution in [0.25, 0.3) is 0 Å². The van der Waals surface area contributed by atoms with Crippen LogP contribution >= 0.6 is 23.2 Å². The number of nitrogens with two attached hydrogens (primary N) is 2. The van der Waals surface area contributed by atoms with Crippen LogP contribution in [0.15, 0.2) is 0 Å². The van der Waals surface area contributed by atoms with Gasteiger partial charge in [0.15, 0.2) is 0 Å². The average molecular weight is 256 g/mol. The Bertz CT molecular complexity index is 132. The molecule has 0 amide bonds. The summed E-state index contributed by atoms with van der Waals surface area (Å²) in [5, 5.41) is 0. The predicted octanol–water partition coefficient (Wildman–Crippen LogP) is 1.16. The van der Waals surface area contributed by atoms with Gasteiger partial charge in [-0.2, -0.15) is 0 Å². The Hall–Kier alpha value is 0.485. The van der Waals surface area contributed by atoms with Crippen molar-refractivity contribution in [2.45, 2.75) is 38.1 Å². The van der Waals surface area contributed by atoms with Crippen molar-refractivity contribution in [2.75, 3.05) is 11.8 Å². The third kappa shape index (κ3) is 10.8. The molecular weight excluding hydrogens is 238 g/mol. The summed E-state index contributed by atoms with van der Waals surface area (Å²) in [7, 11) is 1.19. The summed E-state index contributed by atoms with van der Waals surface area (Å²) in [4.78, 5) is 0. The molecule has 0 aromatic carbocycles. The van der Waals surface area contributed by atoms with Gasteiger partial charge in [-0.05, 0) is 25.7 Å². The van der Waals surface area contributed by atoms with Crippen LogP contribution in [0.2, 0.25) is 0 Å². The molecule has 89 valence electrons. The number of halogens is 2. The number of alkyl halides is 2. The Balaban J connectivity index is 3.27. The second-order valence-corrected chi connectivity index (χ2v) is 3.86. The Morgan fingerprint density at radius 3 is 1.67 bits per heavy atom. The van der Waals surface area contributed by atoms with Crippen molar-refractivity contribution >= 4 is 30.9 Å². The van der Waals surface area contributed by atoms with Crippen LogP contribution in [0.4, 0.5) is 0 Å². The van der Waals surface area contributed by atoms with Crippen molar-refractivity contribution in [2.24, 2.45) is 11.5 Å². The monoisotopic (exact) mass is 255 g/mol. The molecule has 0 aliphatic heterocycles. The van der Waals surface area contributed by atoms with Crippen molar-refractivity contribution in [1.29, 1.82) is 0 Å². The van der Waals surface area contributed by atoms with Crippen LogP contribution in [-0.2, 0) is 9.31 Å². The van der Waals surface area contributed by atoms with Gasteiger partial charge >= 0.3 is 7.69 Å². The highest BCUT2D eigenvalue weighted by atomic mass is 35.5. The highest BCUT2D eigenvalue weighted by Crippen LogP contribution is 2.00. The van der Waals surface area contributed by atoms with Crippen molar-refractivity contribution in [3.05, 3.63) is 0 Å². The maximum atomic E-state index is 5.59. The summed E-state index contributed by atoms with van der Waals surface area (Å²) in [6, 6.07) is 0. The van der Waals surface area contributed by atoms with E-state index in [2.05, 4.69) is 0 Å². The Labute approximate surface area is 102 Å². The summed E-state index contributed by atoms with van der Waals surface area (Å²) in [6.45, 7) is 0. The fourth-order valence-corrected chi connectivity index (χ4v) is 1.18. The fraction of sp³-hybridized carbons (Fsp3) is 1.00. The molecule has 0 saturated heterocycles. The molecule has 7 heteroatoms. The lowest BCUT2D eigenvalue weighted by molar-refractivity contribution is 0.115. The Morgan fingerprint density at radius 2 is 1.33 bits per heavy atom. The van der Waals surface area contributed by atoms with E-state index in [1.165, 1.54) is 7.69 Å². The summed E-state index contributed by atoms with van der Waals surface area (Å²) in [5.74, 6) is 1.15. The maximum Gasteiger partial charge on any atom is 0.490 e. The van der Waals surface area contributed by atoms with Crippen LogP contribution in [-0.4, -0.2) is 31.9 Å². The Morgan fingerprint density at radius 1 is 0.933 bits per heavy atom. The van der Waals surface area contributed by atoms with Gasteiger partial charge in [-0.15, -0.1) is 23.2 Å². The van der Waals surface area contributed by atoms with E-state index in [-0.39, 0.29) is 12.5 Å². The molecule has 0 aromatic rings. The molecule has 0 spiro atoms. The third-order valence-electron chi connectivity index (χ3n) is 1.71. The first-order valence-corrected chi connectivity index (χ1v) is 6.03. The highest BCUT2D eigenvalue weighted by Gasteiger charge is 2.07. The van der Waals surface area contributed by atoms with Gasteiger partial charge in [-0.3, -0.25) is 0 Å². The molecule has 0 aliphatic rings. The number of rotatable bonds is 10. The van der Waals surface area contributed by atoms with Gasteiger partial charge in [-0.25, -0.2) is 0 Å². The molecule has 1 radical (unpaired) electrons. The van der Waals surface area contributed by atoms with Crippen molar-refractivity contribution in [3.8, 4) is 0 Å². The molecule has 15 heavy (non-hydrogen) atoms. The van der Waals surface area contributed by atoms with Crippen molar-refractivity contribution in [1.82, 2.24) is 0 Å². The van der Waals surface area contributed by atoms with Gasteiger partial charge < -0.3 is 20.8 Å². The van der Waals surface area contributed by atoms with E-state index < -0.39 is 0 Å². The predicted molar refractivity (Wildman–Crippen MR) is 63.8 cm³/mol. The molecular formula is C8H18BCl2N2O2. The van der Waals surface area contributed by atoms with Gasteiger partial charge in [0.1, 0.15) is 0 Å². The first-order chi connectivity index (χ1) is 7.20. The van der Waals surface area contributed by atoms with E-state index in [1.54, 1.807) is 0 Å². The lowest BCUT2D eigenvalue weighted by Crippen LogP contribution is -2.32. The number of hydrogen-bond acceptors (Lipinski definition) is 4. The SMILES string of the molecule is NC(CCCCl)O[B]OC(N)CCCCl. The summed E-state index contributed by atoms with van der Waals surface area (Å²) < 4.78 is 10.1. The maximum absolute atomic E-state index is 5.59. The van der Waals surface area contributed by atoms with E-state index in [0.29, 0.717) is 24.6 Å². The van der Waals surface area contributed by atoms with Gasteiger partial charge in [-0.1, -0.05) is 0 Å². The average Bonchev–Trinajstić information content (AvgIpc) is 2.23. The van der Waals surface area contributed by atoms with E-state index in [0.717, 1.165) is 12.8 Å². The van der Waals surface area contributed by atoms with Gasteiger partial charge in [0, 0.05) is 11.8 Å². The molecule has 0 aliphatic carbocycles. The van der Waals surface area contributed by atoms with E-state index in [9.17, 15) is 0 Å². The standard InChI is InChI=1S/C8H18BCl2N2O2/c10-5-1-3-7(12)14-9-15-8(13)4-2-6-11/h7-8H,1-6,12-13H2. The van der Waals surface area contributed by atoms with E-state index in [4.69, 9.17) is 44.0 Å². The smallest absolute Gasteiger partial charge is 0.398 e. The van der Waals surface area contributed by atoms with Gasteiger partial charge in [0.05, 0.1) is 12.5 Å². The minimum Gasteiger partial charge on any atom is -0.398 e. The van der Waals surface area contributed by atoms with Crippen LogP contribution in [0.5, 0.6) is 0 Å². The minimum atomic E-state index is -0.385. The van der Waals surface area contributed by atoms with Crippen LogP contribution < -0.4 is 11.5 Å². The molecule has 0 fully saturated rings. The zero-order chi connectivity index (χ0) is 11.5. The van der Waals surface area contributed by atoms with Gasteiger partial charge in [0.2, 0.25) is 0 Å². The molecule has 0 heterocycles. The third-order valence-corrected chi connectivity index (χ3v) is 2.24. The Kier molecular flexibility index (Phi) is 11.3. The lowest BCUT2D eigenvalue weighted by Gasteiger charge is -2.14. The van der Waals surface area contributed by atoms with Crippen LogP contribution in [0.3, 0.4) is 0 Å². The van der Waals surface area contributed by atoms with E-state index >= 15 is 0 Å². The normalized spacial score (nSPS) is 14.9. The topological polar surface area (TPSA) is 70.5 Å². The second-order valence-electron chi connectivity index (χ2n) is 3.11. The summed E-state index contributed by atoms with van der Waals surface area (Å²) in [6.07, 6.45) is 2.25. The first-order valence-electron chi connectivity index (χ1n) is 4.96. The zero-order valence-corrected chi connectivity index (χ0v) is 10.2. The van der Waals surface area contributed by atoms with Crippen LogP contribution in [0.1, 0.15) is 25.7 Å². The molecule has 0 rings (SSSR count). The van der Waals surface area contributed by atoms with Crippen molar-refractivity contribution in [3.63, 3.8) is 0 Å². The van der Waals surface area contributed by atoms with E-state index in [1.807, 2.05) is 0 Å². The van der Waals surface area contributed by atoms with Gasteiger partial charge in [0.25, 0.3) is 0 Å². The first kappa shape index (κ1) is 15.5. The molecule has 0 saturated carbocycles.